The van der Waals surface area contributed by atoms with Gasteiger partial charge in [0.2, 0.25) is 0 Å². The van der Waals surface area contributed by atoms with Crippen LogP contribution in [0.15, 0.2) is 52.5 Å². The second-order valence-electron chi connectivity index (χ2n) is 3.64. The number of allylic oxidation sites excluding steroid dienone is 2. The maximum Gasteiger partial charge on any atom is 0.155 e. The standard InChI is InChI=1S/C13H13NOS/c1-10-9-16-13(8-11(2)15)14(10)12-6-4-3-5-7-12/h3-9H,1-2H3/b13-8-. The molecule has 1 aromatic rings. The zero-order chi connectivity index (χ0) is 11.5. The van der Waals surface area contributed by atoms with Crippen LogP contribution in [0.5, 0.6) is 0 Å². The third-order valence-electron chi connectivity index (χ3n) is 2.26. The van der Waals surface area contributed by atoms with Gasteiger partial charge in [-0.15, -0.1) is 0 Å². The molecule has 1 aliphatic heterocycles. The molecule has 0 bridgehead atoms. The second-order valence-corrected chi connectivity index (χ2v) is 4.53. The highest BCUT2D eigenvalue weighted by molar-refractivity contribution is 8.06. The van der Waals surface area contributed by atoms with Gasteiger partial charge in [0.15, 0.2) is 5.78 Å². The number of anilines is 1. The quantitative estimate of drug-likeness (QED) is 0.726. The van der Waals surface area contributed by atoms with Gasteiger partial charge in [0.1, 0.15) is 0 Å². The molecule has 1 aliphatic rings. The summed E-state index contributed by atoms with van der Waals surface area (Å²) >= 11 is 1.59. The third-order valence-corrected chi connectivity index (χ3v) is 3.27. The van der Waals surface area contributed by atoms with Crippen LogP contribution >= 0.6 is 11.8 Å². The molecule has 16 heavy (non-hydrogen) atoms. The predicted octanol–water partition coefficient (Wildman–Crippen LogP) is 3.53. The molecule has 3 heteroatoms. The molecule has 0 N–H and O–H groups in total. The van der Waals surface area contributed by atoms with Gasteiger partial charge in [0.25, 0.3) is 0 Å². The molecule has 0 unspecified atom stereocenters. The number of ketones is 1. The SMILES string of the molecule is CC(=O)/C=C1\SC=C(C)N1c1ccccc1. The topological polar surface area (TPSA) is 20.3 Å². The summed E-state index contributed by atoms with van der Waals surface area (Å²) in [5.74, 6) is 0.0755. The van der Waals surface area contributed by atoms with Crippen LogP contribution in [-0.2, 0) is 4.79 Å². The van der Waals surface area contributed by atoms with Crippen LogP contribution in [0.1, 0.15) is 13.8 Å². The van der Waals surface area contributed by atoms with Crippen LogP contribution in [0.4, 0.5) is 5.69 Å². The lowest BCUT2D eigenvalue weighted by Crippen LogP contribution is -2.14. The van der Waals surface area contributed by atoms with Crippen LogP contribution in [-0.4, -0.2) is 5.78 Å². The minimum absolute atomic E-state index is 0.0755. The Kier molecular flexibility index (Phi) is 3.15. The third kappa shape index (κ3) is 2.19. The fourth-order valence-electron chi connectivity index (χ4n) is 1.61. The van der Waals surface area contributed by atoms with E-state index in [9.17, 15) is 4.79 Å². The molecule has 1 aromatic carbocycles. The summed E-state index contributed by atoms with van der Waals surface area (Å²) in [6.45, 7) is 3.62. The van der Waals surface area contributed by atoms with E-state index in [0.717, 1.165) is 16.4 Å². The van der Waals surface area contributed by atoms with Gasteiger partial charge in [-0.2, -0.15) is 0 Å². The first-order valence-electron chi connectivity index (χ1n) is 5.09. The fourth-order valence-corrected chi connectivity index (χ4v) is 2.59. The van der Waals surface area contributed by atoms with E-state index in [1.807, 2.05) is 37.3 Å². The first kappa shape index (κ1) is 11.0. The molecule has 2 nitrogen and oxygen atoms in total. The number of carbonyl (C=O) groups excluding carboxylic acids is 1. The minimum Gasteiger partial charge on any atom is -0.308 e. The Hall–Kier alpha value is -1.48. The fraction of sp³-hybridized carbons (Fsp3) is 0.154. The van der Waals surface area contributed by atoms with Gasteiger partial charge in [-0.1, -0.05) is 30.0 Å². The van der Waals surface area contributed by atoms with Crippen molar-refractivity contribution in [1.82, 2.24) is 0 Å². The van der Waals surface area contributed by atoms with E-state index in [4.69, 9.17) is 0 Å². The molecule has 0 saturated heterocycles. The smallest absolute Gasteiger partial charge is 0.155 e. The van der Waals surface area contributed by atoms with E-state index in [0.29, 0.717) is 0 Å². The summed E-state index contributed by atoms with van der Waals surface area (Å²) in [4.78, 5) is 13.2. The monoisotopic (exact) mass is 231 g/mol. The average Bonchev–Trinajstić information content (AvgIpc) is 2.60. The average molecular weight is 231 g/mol. The maximum atomic E-state index is 11.1. The zero-order valence-electron chi connectivity index (χ0n) is 9.31. The van der Waals surface area contributed by atoms with Crippen molar-refractivity contribution in [3.05, 3.63) is 52.5 Å². The molecule has 0 atom stereocenters. The Morgan fingerprint density at radius 2 is 2.00 bits per heavy atom. The van der Waals surface area contributed by atoms with Crippen molar-refractivity contribution in [3.8, 4) is 0 Å². The molecule has 82 valence electrons. The van der Waals surface area contributed by atoms with Gasteiger partial charge in [0.05, 0.1) is 5.03 Å². The van der Waals surface area contributed by atoms with Crippen LogP contribution in [0.25, 0.3) is 0 Å². The van der Waals surface area contributed by atoms with Crippen molar-refractivity contribution in [2.75, 3.05) is 4.90 Å². The maximum absolute atomic E-state index is 11.1. The van der Waals surface area contributed by atoms with Crippen LogP contribution in [0.3, 0.4) is 0 Å². The lowest BCUT2D eigenvalue weighted by atomic mass is 10.2. The van der Waals surface area contributed by atoms with E-state index in [2.05, 4.69) is 10.3 Å². The number of nitrogens with zero attached hydrogens (tertiary/aromatic N) is 1. The lowest BCUT2D eigenvalue weighted by Gasteiger charge is -2.21. The number of para-hydroxylation sites is 1. The van der Waals surface area contributed by atoms with E-state index in [1.54, 1.807) is 24.8 Å². The van der Waals surface area contributed by atoms with Gasteiger partial charge < -0.3 is 4.90 Å². The van der Waals surface area contributed by atoms with Crippen molar-refractivity contribution < 1.29 is 4.79 Å². The van der Waals surface area contributed by atoms with E-state index in [1.165, 1.54) is 0 Å². The van der Waals surface area contributed by atoms with E-state index < -0.39 is 0 Å². The number of carbonyl (C=O) groups is 1. The van der Waals surface area contributed by atoms with Gasteiger partial charge in [-0.25, -0.2) is 0 Å². The molecule has 0 amide bonds. The van der Waals surface area contributed by atoms with Crippen molar-refractivity contribution in [3.63, 3.8) is 0 Å². The van der Waals surface area contributed by atoms with Crippen LogP contribution in [0.2, 0.25) is 0 Å². The normalized spacial score (nSPS) is 17.8. The number of hydrogen-bond donors (Lipinski definition) is 0. The summed E-state index contributed by atoms with van der Waals surface area (Å²) in [5, 5.41) is 3.03. The highest BCUT2D eigenvalue weighted by Crippen LogP contribution is 2.37. The summed E-state index contributed by atoms with van der Waals surface area (Å²) in [6, 6.07) is 10.1. The van der Waals surface area contributed by atoms with Crippen molar-refractivity contribution >= 4 is 23.2 Å². The second kappa shape index (κ2) is 4.58. The Morgan fingerprint density at radius 3 is 2.62 bits per heavy atom. The first-order chi connectivity index (χ1) is 7.68. The minimum atomic E-state index is 0.0755. The van der Waals surface area contributed by atoms with Gasteiger partial charge >= 0.3 is 0 Å². The molecule has 0 saturated carbocycles. The van der Waals surface area contributed by atoms with Crippen molar-refractivity contribution in [1.29, 1.82) is 0 Å². The molecule has 2 rings (SSSR count). The van der Waals surface area contributed by atoms with E-state index in [-0.39, 0.29) is 5.78 Å². The van der Waals surface area contributed by atoms with Crippen molar-refractivity contribution in [2.45, 2.75) is 13.8 Å². The van der Waals surface area contributed by atoms with Crippen LogP contribution < -0.4 is 4.90 Å². The summed E-state index contributed by atoms with van der Waals surface area (Å²) in [7, 11) is 0. The highest BCUT2D eigenvalue weighted by Gasteiger charge is 2.19. The molecule has 0 fully saturated rings. The molecule has 0 radical (unpaired) electrons. The van der Waals surface area contributed by atoms with Gasteiger partial charge in [-0.3, -0.25) is 4.79 Å². The van der Waals surface area contributed by atoms with Crippen molar-refractivity contribution in [2.24, 2.45) is 0 Å². The molecule has 0 aliphatic carbocycles. The molecular formula is C13H13NOS. The Balaban J connectivity index is 2.37. The lowest BCUT2D eigenvalue weighted by molar-refractivity contribution is -0.112. The molecular weight excluding hydrogens is 218 g/mol. The first-order valence-corrected chi connectivity index (χ1v) is 5.97. The zero-order valence-corrected chi connectivity index (χ0v) is 10.1. The van der Waals surface area contributed by atoms with Gasteiger partial charge in [0, 0.05) is 17.5 Å². The molecule has 1 heterocycles. The molecule has 0 aromatic heterocycles. The van der Waals surface area contributed by atoms with E-state index >= 15 is 0 Å². The largest absolute Gasteiger partial charge is 0.308 e. The number of benzene rings is 1. The number of hydrogen-bond acceptors (Lipinski definition) is 3. The Morgan fingerprint density at radius 1 is 1.31 bits per heavy atom. The summed E-state index contributed by atoms with van der Waals surface area (Å²) < 4.78 is 0. The highest BCUT2D eigenvalue weighted by atomic mass is 32.2. The van der Waals surface area contributed by atoms with Gasteiger partial charge in [-0.05, 0) is 31.4 Å². The van der Waals surface area contributed by atoms with Crippen LogP contribution in [0, 0.1) is 0 Å². The summed E-state index contributed by atoms with van der Waals surface area (Å²) in [5.41, 5.74) is 2.23. The predicted molar refractivity (Wildman–Crippen MR) is 69.0 cm³/mol. The number of rotatable bonds is 2. The number of thioether (sulfide) groups is 1. The Labute approximate surface area is 99.6 Å². The Bertz CT molecular complexity index is 462. The molecule has 0 spiro atoms. The summed E-state index contributed by atoms with van der Waals surface area (Å²) in [6.07, 6.45) is 1.67.